The lowest BCUT2D eigenvalue weighted by molar-refractivity contribution is -0.924. The summed E-state index contributed by atoms with van der Waals surface area (Å²) in [6.45, 7) is 3.67. The molecule has 2 bridgehead atoms. The number of hydrogen-bond acceptors (Lipinski definition) is 2. The van der Waals surface area contributed by atoms with Crippen molar-refractivity contribution in [2.45, 2.75) is 25.4 Å². The van der Waals surface area contributed by atoms with Crippen molar-refractivity contribution in [3.05, 3.63) is 88.1 Å². The fraction of sp³-hybridized carbons (Fsp3) is 0.320. The van der Waals surface area contributed by atoms with Gasteiger partial charge in [-0.15, -0.1) is 0 Å². The lowest BCUT2D eigenvalue weighted by atomic mass is 9.80. The minimum atomic E-state index is -0.237. The molecule has 2 aromatic carbocycles. The number of ether oxygens (including phenoxy) is 1. The number of quaternary nitrogens is 1. The zero-order valence-corrected chi connectivity index (χ0v) is 17.1. The Morgan fingerprint density at radius 3 is 2.60 bits per heavy atom. The second-order valence-electron chi connectivity index (χ2n) is 8.54. The van der Waals surface area contributed by atoms with E-state index in [1.807, 2.05) is 34.9 Å². The molecule has 1 aromatic heterocycles. The van der Waals surface area contributed by atoms with Gasteiger partial charge in [0, 0.05) is 46.8 Å². The molecule has 5 rings (SSSR count). The van der Waals surface area contributed by atoms with Crippen LogP contribution in [0.5, 0.6) is 5.75 Å². The Kier molecular flexibility index (Phi) is 4.91. The molecule has 0 saturated carbocycles. The van der Waals surface area contributed by atoms with E-state index in [4.69, 9.17) is 4.74 Å². The second-order valence-corrected chi connectivity index (χ2v) is 8.54. The van der Waals surface area contributed by atoms with Gasteiger partial charge in [0.25, 0.3) is 5.56 Å². The van der Waals surface area contributed by atoms with Crippen molar-refractivity contribution < 1.29 is 14.0 Å². The zero-order chi connectivity index (χ0) is 20.7. The minimum absolute atomic E-state index is 0.0263. The first kappa shape index (κ1) is 19.1. The van der Waals surface area contributed by atoms with Crippen LogP contribution in [0.2, 0.25) is 0 Å². The van der Waals surface area contributed by atoms with E-state index in [0.717, 1.165) is 49.6 Å². The van der Waals surface area contributed by atoms with Crippen LogP contribution < -0.4 is 15.2 Å². The topological polar surface area (TPSA) is 35.7 Å². The SMILES string of the molecule is COc1ccc(C[NH+]2C[C@@H]3C[C@H](C2)c2c(-c4ccccc4F)ccc(=O)n2C3)cc1. The van der Waals surface area contributed by atoms with Crippen LogP contribution in [-0.2, 0) is 13.1 Å². The molecule has 2 aliphatic heterocycles. The normalized spacial score (nSPS) is 22.4. The lowest BCUT2D eigenvalue weighted by Crippen LogP contribution is -3.13. The molecule has 30 heavy (non-hydrogen) atoms. The molecule has 3 aromatic rings. The number of halogens is 1. The number of hydrogen-bond donors (Lipinski definition) is 1. The summed E-state index contributed by atoms with van der Waals surface area (Å²) in [5.74, 6) is 1.36. The number of nitrogens with one attached hydrogen (secondary N) is 1. The van der Waals surface area contributed by atoms with E-state index in [0.29, 0.717) is 11.5 Å². The Labute approximate surface area is 175 Å². The van der Waals surface area contributed by atoms with Gasteiger partial charge in [0.15, 0.2) is 0 Å². The number of methoxy groups -OCH3 is 1. The van der Waals surface area contributed by atoms with Gasteiger partial charge >= 0.3 is 0 Å². The highest BCUT2D eigenvalue weighted by Crippen LogP contribution is 2.37. The van der Waals surface area contributed by atoms with Gasteiger partial charge in [-0.25, -0.2) is 4.39 Å². The molecular weight excluding hydrogens is 379 g/mol. The second kappa shape index (κ2) is 7.73. The van der Waals surface area contributed by atoms with Gasteiger partial charge in [0.05, 0.1) is 20.2 Å². The molecule has 154 valence electrons. The molecule has 3 heterocycles. The predicted octanol–water partition coefficient (Wildman–Crippen LogP) is 2.87. The van der Waals surface area contributed by atoms with Crippen molar-refractivity contribution in [2.24, 2.45) is 5.92 Å². The van der Waals surface area contributed by atoms with Crippen LogP contribution >= 0.6 is 0 Å². The monoisotopic (exact) mass is 405 g/mol. The van der Waals surface area contributed by atoms with Crippen molar-refractivity contribution in [3.8, 4) is 16.9 Å². The van der Waals surface area contributed by atoms with Crippen LogP contribution in [-0.4, -0.2) is 24.8 Å². The highest BCUT2D eigenvalue weighted by atomic mass is 19.1. The van der Waals surface area contributed by atoms with E-state index in [1.54, 1.807) is 19.2 Å². The standard InChI is InChI=1S/C25H25FN2O2/c1-30-20-8-6-17(7-9-20)13-27-14-18-12-19(16-27)25-22(10-11-24(29)28(25)15-18)21-4-2-3-5-23(21)26/h2-11,18-19H,12-16H2,1H3/p+1/t18-,19+/m0/s1. The smallest absolute Gasteiger partial charge is 0.250 e. The molecule has 5 heteroatoms. The van der Waals surface area contributed by atoms with Gasteiger partial charge in [-0.05, 0) is 42.8 Å². The maximum Gasteiger partial charge on any atom is 0.250 e. The van der Waals surface area contributed by atoms with Crippen LogP contribution in [0.1, 0.15) is 23.6 Å². The number of fused-ring (bicyclic) bond motifs is 4. The summed E-state index contributed by atoms with van der Waals surface area (Å²) in [7, 11) is 1.68. The van der Waals surface area contributed by atoms with Gasteiger partial charge < -0.3 is 14.2 Å². The number of rotatable bonds is 4. The fourth-order valence-corrected chi connectivity index (χ4v) is 5.32. The van der Waals surface area contributed by atoms with E-state index in [-0.39, 0.29) is 17.3 Å². The summed E-state index contributed by atoms with van der Waals surface area (Å²) in [6.07, 6.45) is 1.07. The summed E-state index contributed by atoms with van der Waals surface area (Å²) in [5.41, 5.74) is 3.77. The largest absolute Gasteiger partial charge is 0.497 e. The van der Waals surface area contributed by atoms with Crippen LogP contribution in [0.4, 0.5) is 4.39 Å². The molecule has 3 atom stereocenters. The van der Waals surface area contributed by atoms with E-state index >= 15 is 0 Å². The molecule has 0 spiro atoms. The quantitative estimate of drug-likeness (QED) is 0.725. The van der Waals surface area contributed by atoms with Gasteiger partial charge in [-0.3, -0.25) is 4.79 Å². The van der Waals surface area contributed by atoms with E-state index in [9.17, 15) is 9.18 Å². The van der Waals surface area contributed by atoms with Gasteiger partial charge in [0.1, 0.15) is 18.1 Å². The number of aromatic nitrogens is 1. The molecule has 1 N–H and O–H groups in total. The van der Waals surface area contributed by atoms with Crippen molar-refractivity contribution in [1.82, 2.24) is 4.57 Å². The summed E-state index contributed by atoms with van der Waals surface area (Å²) in [5, 5.41) is 0. The molecule has 4 nitrogen and oxygen atoms in total. The summed E-state index contributed by atoms with van der Waals surface area (Å²) < 4.78 is 21.8. The zero-order valence-electron chi connectivity index (χ0n) is 17.1. The third-order valence-electron chi connectivity index (χ3n) is 6.56. The van der Waals surface area contributed by atoms with Crippen LogP contribution in [0.15, 0.2) is 65.5 Å². The lowest BCUT2D eigenvalue weighted by Gasteiger charge is -2.41. The van der Waals surface area contributed by atoms with Gasteiger partial charge in [-0.1, -0.05) is 18.2 Å². The van der Waals surface area contributed by atoms with Crippen molar-refractivity contribution >= 4 is 0 Å². The van der Waals surface area contributed by atoms with Crippen LogP contribution in [0.25, 0.3) is 11.1 Å². The number of piperidine rings is 1. The minimum Gasteiger partial charge on any atom is -0.497 e. The number of nitrogens with zero attached hydrogens (tertiary/aromatic N) is 1. The Hall–Kier alpha value is -2.92. The first-order valence-corrected chi connectivity index (χ1v) is 10.6. The van der Waals surface area contributed by atoms with Crippen LogP contribution in [0, 0.1) is 11.7 Å². The Balaban J connectivity index is 1.48. The van der Waals surface area contributed by atoms with E-state index < -0.39 is 0 Å². The third-order valence-corrected chi connectivity index (χ3v) is 6.56. The third kappa shape index (κ3) is 3.43. The Bertz CT molecular complexity index is 1120. The van der Waals surface area contributed by atoms with Gasteiger partial charge in [0.2, 0.25) is 0 Å². The van der Waals surface area contributed by atoms with Crippen molar-refractivity contribution in [2.75, 3.05) is 20.2 Å². The van der Waals surface area contributed by atoms with E-state index in [2.05, 4.69) is 12.1 Å². The summed E-state index contributed by atoms with van der Waals surface area (Å²) in [4.78, 5) is 14.2. The number of pyridine rings is 1. The highest BCUT2D eigenvalue weighted by Gasteiger charge is 2.38. The maximum atomic E-state index is 14.6. The first-order chi connectivity index (χ1) is 14.6. The summed E-state index contributed by atoms with van der Waals surface area (Å²) >= 11 is 0. The average molecular weight is 405 g/mol. The van der Waals surface area contributed by atoms with Crippen molar-refractivity contribution in [1.29, 1.82) is 0 Å². The number of likely N-dealkylation sites (tertiary alicyclic amines) is 1. The molecule has 1 unspecified atom stereocenters. The predicted molar refractivity (Wildman–Crippen MR) is 114 cm³/mol. The number of benzene rings is 2. The molecule has 2 aliphatic rings. The summed E-state index contributed by atoms with van der Waals surface area (Å²) in [6, 6.07) is 18.5. The van der Waals surface area contributed by atoms with E-state index in [1.165, 1.54) is 16.5 Å². The molecular formula is C25H26FN2O2+. The molecule has 0 aliphatic carbocycles. The van der Waals surface area contributed by atoms with Gasteiger partial charge in [-0.2, -0.15) is 0 Å². The first-order valence-electron chi connectivity index (χ1n) is 10.6. The highest BCUT2D eigenvalue weighted by molar-refractivity contribution is 5.67. The van der Waals surface area contributed by atoms with Crippen LogP contribution in [0.3, 0.4) is 0 Å². The average Bonchev–Trinajstić information content (AvgIpc) is 2.75. The molecule has 1 saturated heterocycles. The maximum absolute atomic E-state index is 14.6. The van der Waals surface area contributed by atoms with Crippen molar-refractivity contribution in [3.63, 3.8) is 0 Å². The Morgan fingerprint density at radius 1 is 1.03 bits per heavy atom. The Morgan fingerprint density at radius 2 is 1.83 bits per heavy atom. The fourth-order valence-electron chi connectivity index (χ4n) is 5.32. The molecule has 0 amide bonds. The molecule has 1 fully saturated rings. The molecule has 0 radical (unpaired) electrons.